The van der Waals surface area contributed by atoms with Crippen molar-refractivity contribution in [1.82, 2.24) is 29.5 Å². The van der Waals surface area contributed by atoms with Crippen LogP contribution in [0.2, 0.25) is 18.1 Å². The fourth-order valence-corrected chi connectivity index (χ4v) is 4.86. The van der Waals surface area contributed by atoms with Crippen LogP contribution in [0.4, 0.5) is 26.3 Å². The van der Waals surface area contributed by atoms with Gasteiger partial charge in [-0.2, -0.15) is 36.5 Å². The molecule has 0 saturated carbocycles. The van der Waals surface area contributed by atoms with Gasteiger partial charge in [-0.25, -0.2) is 4.21 Å². The first-order chi connectivity index (χ1) is 23.1. The van der Waals surface area contributed by atoms with E-state index in [1.807, 2.05) is 6.07 Å². The molecule has 0 fully saturated rings. The summed E-state index contributed by atoms with van der Waals surface area (Å²) in [6.07, 6.45) is -2.92. The van der Waals surface area contributed by atoms with Crippen LogP contribution in [-0.2, 0) is 39.2 Å². The average molecular weight is 834 g/mol. The highest BCUT2D eigenvalue weighted by Crippen LogP contribution is 2.37. The fraction of sp³-hybridized carbons (Fsp3) is 0.467. The Bertz CT molecular complexity index is 1620. The van der Waals surface area contributed by atoms with Gasteiger partial charge in [-0.15, -0.1) is 24.0 Å². The van der Waals surface area contributed by atoms with Gasteiger partial charge < -0.3 is 4.43 Å². The van der Waals surface area contributed by atoms with Gasteiger partial charge >= 0.3 is 12.4 Å². The molecule has 8 nitrogen and oxygen atoms in total. The van der Waals surface area contributed by atoms with Gasteiger partial charge in [0.1, 0.15) is 13.1 Å². The second kappa shape index (κ2) is 21.3. The molecule has 4 rings (SSSR count). The molecular formula is C30H40Cl4F6N6O2SSi. The summed E-state index contributed by atoms with van der Waals surface area (Å²) >= 11 is 5.74. The highest BCUT2D eigenvalue weighted by molar-refractivity contribution is 8.26. The first kappa shape index (κ1) is 45.8. The Labute approximate surface area is 313 Å². The van der Waals surface area contributed by atoms with E-state index in [1.54, 1.807) is 37.4 Å². The SMILES string of the molecule is CC(C)(C)[Si](C)(C)OCc1cccnc1-c1ccnn1CC(F)(F)F.Cl.FC(F)(F)Cn1nccc1-c1ncccc1CCl.O=S(Cl)Cl.[2H]CC. The van der Waals surface area contributed by atoms with Crippen LogP contribution in [-0.4, -0.2) is 54.4 Å². The van der Waals surface area contributed by atoms with Crippen molar-refractivity contribution < 1.29 is 36.3 Å². The Hall–Kier alpha value is -2.21. The zero-order valence-corrected chi connectivity index (χ0v) is 32.9. The number of hydrogen-bond donors (Lipinski definition) is 0. The summed E-state index contributed by atoms with van der Waals surface area (Å²) in [4.78, 5) is 8.35. The van der Waals surface area contributed by atoms with E-state index < -0.39 is 43.0 Å². The smallest absolute Gasteiger partial charge is 0.408 e. The Morgan fingerprint density at radius 2 is 1.20 bits per heavy atom. The molecule has 0 amide bonds. The minimum absolute atomic E-state index is 0. The highest BCUT2D eigenvalue weighted by Gasteiger charge is 2.37. The van der Waals surface area contributed by atoms with Crippen molar-refractivity contribution in [3.05, 3.63) is 72.3 Å². The standard InChI is InChI=1S/C17H24F3N3OSi.C11H9ClF3N3.C2H6.Cl2OS.ClH/c1-16(2,3)25(4,5)24-11-13-7-6-9-21-15(13)14-8-10-22-23(14)12-17(18,19)20;12-6-8-2-1-4-16-10(8)9-3-5-17-18(9)7-11(13,14)15;1-2;1-4(2)3;/h6-10H,11-12H2,1-5H3;1-5H,6-7H2;1-2H3;;1H/i;;1D;;. The topological polar surface area (TPSA) is 87.7 Å². The van der Waals surface area contributed by atoms with E-state index in [9.17, 15) is 26.3 Å². The first-order valence-corrected chi connectivity index (χ1v) is 20.6. The van der Waals surface area contributed by atoms with Gasteiger partial charge in [0.25, 0.3) is 0 Å². The van der Waals surface area contributed by atoms with E-state index in [0.717, 1.165) is 14.9 Å². The molecule has 50 heavy (non-hydrogen) atoms. The van der Waals surface area contributed by atoms with Crippen LogP contribution in [0.5, 0.6) is 0 Å². The largest absolute Gasteiger partial charge is 0.412 e. The van der Waals surface area contributed by atoms with E-state index in [0.29, 0.717) is 41.8 Å². The molecule has 20 heteroatoms. The molecule has 4 aromatic heterocycles. The van der Waals surface area contributed by atoms with Crippen molar-refractivity contribution in [2.24, 2.45) is 0 Å². The molecule has 0 N–H and O–H groups in total. The van der Waals surface area contributed by atoms with Crippen LogP contribution in [0.3, 0.4) is 0 Å². The summed E-state index contributed by atoms with van der Waals surface area (Å²) in [7, 11) is 5.38. The molecule has 0 aliphatic rings. The van der Waals surface area contributed by atoms with Gasteiger partial charge in [-0.3, -0.25) is 19.3 Å². The Kier molecular flexibility index (Phi) is 19.6. The van der Waals surface area contributed by atoms with Gasteiger partial charge in [0.15, 0.2) is 8.32 Å². The van der Waals surface area contributed by atoms with Gasteiger partial charge in [0.2, 0.25) is 9.23 Å². The lowest BCUT2D eigenvalue weighted by Crippen LogP contribution is -2.40. The molecule has 0 aliphatic heterocycles. The van der Waals surface area contributed by atoms with Crippen LogP contribution in [0.25, 0.3) is 22.8 Å². The number of nitrogens with zero attached hydrogens (tertiary/aromatic N) is 6. The summed E-state index contributed by atoms with van der Waals surface area (Å²) in [6, 6.07) is 10.0. The zero-order valence-electron chi connectivity index (χ0n) is 29.0. The third-order valence-electron chi connectivity index (χ3n) is 6.90. The minimum Gasteiger partial charge on any atom is -0.412 e. The van der Waals surface area contributed by atoms with Gasteiger partial charge in [-0.05, 0) is 48.0 Å². The van der Waals surface area contributed by atoms with E-state index in [2.05, 4.69) is 75.4 Å². The van der Waals surface area contributed by atoms with E-state index in [4.69, 9.17) is 21.6 Å². The molecule has 0 bridgehead atoms. The van der Waals surface area contributed by atoms with Crippen molar-refractivity contribution in [2.45, 2.75) is 90.7 Å². The first-order valence-electron chi connectivity index (χ1n) is 15.1. The maximum atomic E-state index is 12.8. The van der Waals surface area contributed by atoms with E-state index >= 15 is 0 Å². The average Bonchev–Trinajstić information content (AvgIpc) is 3.63. The Balaban J connectivity index is 0.000000841. The number of pyridine rings is 2. The Morgan fingerprint density at radius 3 is 1.56 bits per heavy atom. The second-order valence-corrected chi connectivity index (χ2v) is 19.0. The van der Waals surface area contributed by atoms with Crippen molar-refractivity contribution in [3.63, 3.8) is 0 Å². The van der Waals surface area contributed by atoms with Gasteiger partial charge in [0.05, 0.1) is 29.4 Å². The molecule has 282 valence electrons. The molecule has 0 unspecified atom stereocenters. The lowest BCUT2D eigenvalue weighted by molar-refractivity contribution is -0.143. The van der Waals surface area contributed by atoms with Gasteiger partial charge in [0, 0.05) is 59.0 Å². The summed E-state index contributed by atoms with van der Waals surface area (Å²) < 4.78 is 98.7. The lowest BCUT2D eigenvalue weighted by Gasteiger charge is -2.36. The summed E-state index contributed by atoms with van der Waals surface area (Å²) in [5.74, 6) is 0.181. The number of aromatic nitrogens is 6. The molecule has 0 spiro atoms. The molecule has 0 saturated heterocycles. The van der Waals surface area contributed by atoms with Crippen LogP contribution in [0, 0.1) is 0 Å². The quantitative estimate of drug-likeness (QED) is 0.0760. The molecule has 4 aromatic rings. The van der Waals surface area contributed by atoms with Gasteiger partial charge in [-0.1, -0.05) is 46.7 Å². The molecular weight excluding hydrogens is 792 g/mol. The Morgan fingerprint density at radius 1 is 0.820 bits per heavy atom. The molecule has 0 atom stereocenters. The number of rotatable bonds is 8. The third-order valence-corrected chi connectivity index (χ3v) is 11.7. The van der Waals surface area contributed by atoms with Crippen LogP contribution < -0.4 is 0 Å². The van der Waals surface area contributed by atoms with E-state index in [1.165, 1.54) is 24.7 Å². The van der Waals surface area contributed by atoms with Crippen molar-refractivity contribution in [2.75, 3.05) is 0 Å². The fourth-order valence-electron chi connectivity index (χ4n) is 3.70. The molecule has 4 heterocycles. The molecule has 0 radical (unpaired) electrons. The third kappa shape index (κ3) is 16.4. The maximum absolute atomic E-state index is 12.8. The maximum Gasteiger partial charge on any atom is 0.408 e. The van der Waals surface area contributed by atoms with Crippen molar-refractivity contribution >= 4 is 62.9 Å². The van der Waals surface area contributed by atoms with Crippen molar-refractivity contribution in [1.29, 1.82) is 0 Å². The monoisotopic (exact) mass is 831 g/mol. The number of hydrogen-bond acceptors (Lipinski definition) is 6. The van der Waals surface area contributed by atoms with E-state index in [-0.39, 0.29) is 23.3 Å². The normalized spacial score (nSPS) is 12.0. The highest BCUT2D eigenvalue weighted by atomic mass is 36.0. The van der Waals surface area contributed by atoms with Crippen LogP contribution in [0.1, 0.15) is 47.1 Å². The van der Waals surface area contributed by atoms with Crippen LogP contribution >= 0.6 is 45.4 Å². The molecule has 0 aromatic carbocycles. The molecule has 0 aliphatic carbocycles. The van der Waals surface area contributed by atoms with Crippen LogP contribution in [0.15, 0.2) is 61.2 Å². The summed E-state index contributed by atoms with van der Waals surface area (Å²) in [6.45, 7) is 11.0. The lowest BCUT2D eigenvalue weighted by atomic mass is 10.1. The summed E-state index contributed by atoms with van der Waals surface area (Å²) in [5.41, 5.74) is 2.98. The number of halogens is 10. The summed E-state index contributed by atoms with van der Waals surface area (Å²) in [5, 5.41) is 7.51. The second-order valence-electron chi connectivity index (χ2n) is 11.4. The predicted molar refractivity (Wildman–Crippen MR) is 193 cm³/mol. The van der Waals surface area contributed by atoms with Crippen molar-refractivity contribution in [3.8, 4) is 22.8 Å². The zero-order chi connectivity index (χ0) is 38.3. The number of alkyl halides is 7. The predicted octanol–water partition coefficient (Wildman–Crippen LogP) is 10.8. The minimum atomic E-state index is -4.34.